The average molecular weight is 353 g/mol. The molecule has 0 spiro atoms. The van der Waals surface area contributed by atoms with Crippen LogP contribution in [0.1, 0.15) is 95.6 Å². The van der Waals surface area contributed by atoms with E-state index in [-0.39, 0.29) is 0 Å². The van der Waals surface area contributed by atoms with Crippen molar-refractivity contribution in [3.8, 4) is 5.75 Å². The summed E-state index contributed by atoms with van der Waals surface area (Å²) in [5, 5.41) is 0. The summed E-state index contributed by atoms with van der Waals surface area (Å²) in [5.41, 5.74) is 4.37. The number of ether oxygens (including phenoxy) is 1. The second kappa shape index (κ2) is 6.01. The van der Waals surface area contributed by atoms with E-state index in [9.17, 15) is 0 Å². The summed E-state index contributed by atoms with van der Waals surface area (Å²) in [6, 6.07) is 7.13. The highest BCUT2D eigenvalue weighted by atomic mass is 16.5. The summed E-state index contributed by atoms with van der Waals surface area (Å²) in [7, 11) is 0. The van der Waals surface area contributed by atoms with Crippen molar-refractivity contribution in [3.05, 3.63) is 29.3 Å². The Bertz CT molecular complexity index is 683. The molecule has 1 aromatic carbocycles. The van der Waals surface area contributed by atoms with Gasteiger partial charge in [-0.2, -0.15) is 0 Å². The van der Waals surface area contributed by atoms with Gasteiger partial charge in [-0.15, -0.1) is 0 Å². The van der Waals surface area contributed by atoms with Gasteiger partial charge >= 0.3 is 0 Å². The molecule has 4 aliphatic carbocycles. The van der Waals surface area contributed by atoms with Gasteiger partial charge in [-0.05, 0) is 116 Å². The van der Waals surface area contributed by atoms with Gasteiger partial charge in [-0.25, -0.2) is 0 Å². The van der Waals surface area contributed by atoms with Gasteiger partial charge in [0.15, 0.2) is 0 Å². The van der Waals surface area contributed by atoms with Crippen LogP contribution in [0.5, 0.6) is 5.75 Å². The van der Waals surface area contributed by atoms with Crippen LogP contribution in [-0.2, 0) is 6.42 Å². The summed E-state index contributed by atoms with van der Waals surface area (Å²) < 4.78 is 6.29. The molecule has 0 N–H and O–H groups in total. The molecule has 0 radical (unpaired) electrons. The molecule has 5 rings (SSSR count). The first-order valence-electron chi connectivity index (χ1n) is 11.3. The highest BCUT2D eigenvalue weighted by molar-refractivity contribution is 5.41. The smallest absolute Gasteiger partial charge is 0.120 e. The summed E-state index contributed by atoms with van der Waals surface area (Å²) in [6.45, 7) is 7.70. The van der Waals surface area contributed by atoms with Crippen molar-refractivity contribution in [3.63, 3.8) is 0 Å². The predicted octanol–water partition coefficient (Wildman–Crippen LogP) is 6.89. The molecule has 0 aromatic heterocycles. The number of aryl methyl sites for hydroxylation is 1. The van der Waals surface area contributed by atoms with Crippen LogP contribution in [0.25, 0.3) is 0 Å². The van der Waals surface area contributed by atoms with Gasteiger partial charge in [-0.3, -0.25) is 0 Å². The van der Waals surface area contributed by atoms with E-state index >= 15 is 0 Å². The third-order valence-corrected chi connectivity index (χ3v) is 9.32. The fourth-order valence-corrected chi connectivity index (χ4v) is 7.33. The zero-order valence-electron chi connectivity index (χ0n) is 17.0. The van der Waals surface area contributed by atoms with Crippen molar-refractivity contribution in [2.45, 2.75) is 97.0 Å². The first-order chi connectivity index (χ1) is 12.5. The third-order valence-electron chi connectivity index (χ3n) is 9.32. The molecule has 0 aliphatic heterocycles. The lowest BCUT2D eigenvalue weighted by atomic mass is 9.51. The quantitative estimate of drug-likeness (QED) is 0.563. The number of hydrogen-bond acceptors (Lipinski definition) is 1. The van der Waals surface area contributed by atoms with E-state index in [1.54, 1.807) is 11.1 Å². The van der Waals surface area contributed by atoms with E-state index in [1.165, 1.54) is 64.2 Å². The van der Waals surface area contributed by atoms with Crippen LogP contribution in [0.2, 0.25) is 0 Å². The average Bonchev–Trinajstić information content (AvgIpc) is 3.21. The van der Waals surface area contributed by atoms with E-state index in [0.29, 0.717) is 16.9 Å². The molecular formula is C25H36O. The first-order valence-corrected chi connectivity index (χ1v) is 11.3. The standard InChI is InChI=1S/C25H36O/c1-24(2)14-13-23-22-10-8-17-16-19(26-18-6-4-5-7-18)9-11-20(17)21(22)12-15-25(23,24)3/h9,11,16,18,21-23H,4-8,10,12-15H2,1-3H3/t21-,22-,23+,25+/m1/s1. The number of hydrogen-bond donors (Lipinski definition) is 0. The van der Waals surface area contributed by atoms with Crippen LogP contribution in [0.4, 0.5) is 0 Å². The van der Waals surface area contributed by atoms with Crippen LogP contribution in [-0.4, -0.2) is 6.10 Å². The molecule has 1 heteroatoms. The number of benzene rings is 1. The Morgan fingerprint density at radius 1 is 0.923 bits per heavy atom. The van der Waals surface area contributed by atoms with Crippen LogP contribution in [0.3, 0.4) is 0 Å². The largest absolute Gasteiger partial charge is 0.490 e. The van der Waals surface area contributed by atoms with E-state index in [1.807, 2.05) is 0 Å². The normalized spacial score (nSPS) is 38.5. The molecule has 3 fully saturated rings. The monoisotopic (exact) mass is 352 g/mol. The lowest BCUT2D eigenvalue weighted by molar-refractivity contribution is -0.00856. The van der Waals surface area contributed by atoms with Gasteiger partial charge in [0, 0.05) is 0 Å². The Morgan fingerprint density at radius 3 is 2.54 bits per heavy atom. The van der Waals surface area contributed by atoms with Crippen molar-refractivity contribution in [1.29, 1.82) is 0 Å². The van der Waals surface area contributed by atoms with Crippen molar-refractivity contribution in [1.82, 2.24) is 0 Å². The summed E-state index contributed by atoms with van der Waals surface area (Å²) in [4.78, 5) is 0. The zero-order valence-corrected chi connectivity index (χ0v) is 17.0. The molecule has 142 valence electrons. The summed E-state index contributed by atoms with van der Waals surface area (Å²) >= 11 is 0. The SMILES string of the molecule is CC1(C)CC[C@H]2[C@@H]3CCc4cc(OC5CCCC5)ccc4[C@H]3CC[C@@]21C. The maximum Gasteiger partial charge on any atom is 0.120 e. The van der Waals surface area contributed by atoms with Gasteiger partial charge in [0.2, 0.25) is 0 Å². The molecule has 1 nitrogen and oxygen atoms in total. The van der Waals surface area contributed by atoms with E-state index < -0.39 is 0 Å². The lowest BCUT2D eigenvalue weighted by Crippen LogP contribution is -2.45. The molecule has 0 bridgehead atoms. The summed E-state index contributed by atoms with van der Waals surface area (Å²) in [6.07, 6.45) is 14.0. The predicted molar refractivity (Wildman–Crippen MR) is 108 cm³/mol. The van der Waals surface area contributed by atoms with Crippen molar-refractivity contribution < 1.29 is 4.74 Å². The third kappa shape index (κ3) is 2.49. The second-order valence-corrected chi connectivity index (χ2v) is 10.7. The van der Waals surface area contributed by atoms with Gasteiger partial charge in [0.25, 0.3) is 0 Å². The Morgan fingerprint density at radius 2 is 1.73 bits per heavy atom. The minimum atomic E-state index is 0.473. The van der Waals surface area contributed by atoms with Gasteiger partial charge in [0.1, 0.15) is 5.75 Å². The van der Waals surface area contributed by atoms with Crippen LogP contribution in [0.15, 0.2) is 18.2 Å². The Balaban J connectivity index is 1.39. The Hall–Kier alpha value is -0.980. The van der Waals surface area contributed by atoms with Crippen LogP contribution >= 0.6 is 0 Å². The molecule has 0 heterocycles. The number of fused-ring (bicyclic) bond motifs is 5. The molecule has 4 atom stereocenters. The molecule has 4 aliphatic rings. The molecule has 0 amide bonds. The highest BCUT2D eigenvalue weighted by Gasteiger charge is 2.57. The Kier molecular flexibility index (Phi) is 3.96. The maximum absolute atomic E-state index is 6.29. The van der Waals surface area contributed by atoms with Crippen molar-refractivity contribution >= 4 is 0 Å². The van der Waals surface area contributed by atoms with Gasteiger partial charge in [0.05, 0.1) is 6.10 Å². The highest BCUT2D eigenvalue weighted by Crippen LogP contribution is 2.67. The molecule has 0 saturated heterocycles. The number of rotatable bonds is 2. The fourth-order valence-electron chi connectivity index (χ4n) is 7.33. The van der Waals surface area contributed by atoms with E-state index in [0.717, 1.165) is 23.5 Å². The Labute approximate surface area is 159 Å². The van der Waals surface area contributed by atoms with E-state index in [4.69, 9.17) is 4.74 Å². The van der Waals surface area contributed by atoms with Crippen LogP contribution in [0, 0.1) is 22.7 Å². The minimum Gasteiger partial charge on any atom is -0.490 e. The van der Waals surface area contributed by atoms with E-state index in [2.05, 4.69) is 39.0 Å². The first kappa shape index (κ1) is 17.1. The topological polar surface area (TPSA) is 9.23 Å². The fraction of sp³-hybridized carbons (Fsp3) is 0.760. The molecule has 1 aromatic rings. The van der Waals surface area contributed by atoms with Crippen LogP contribution < -0.4 is 4.74 Å². The van der Waals surface area contributed by atoms with Gasteiger partial charge < -0.3 is 4.74 Å². The van der Waals surface area contributed by atoms with Crippen molar-refractivity contribution in [2.24, 2.45) is 22.7 Å². The molecule has 3 saturated carbocycles. The van der Waals surface area contributed by atoms with Crippen molar-refractivity contribution in [2.75, 3.05) is 0 Å². The maximum atomic E-state index is 6.29. The zero-order chi connectivity index (χ0) is 17.9. The lowest BCUT2D eigenvalue weighted by Gasteiger charge is -2.53. The second-order valence-electron chi connectivity index (χ2n) is 10.7. The minimum absolute atomic E-state index is 0.473. The molecule has 0 unspecified atom stereocenters. The molecule has 26 heavy (non-hydrogen) atoms. The molecular weight excluding hydrogens is 316 g/mol. The summed E-state index contributed by atoms with van der Waals surface area (Å²) in [5.74, 6) is 3.81. The van der Waals surface area contributed by atoms with Gasteiger partial charge in [-0.1, -0.05) is 26.8 Å².